The van der Waals surface area contributed by atoms with Gasteiger partial charge in [0.1, 0.15) is 0 Å². The van der Waals surface area contributed by atoms with E-state index in [1.807, 2.05) is 6.92 Å². The monoisotopic (exact) mass is 252 g/mol. The predicted molar refractivity (Wildman–Crippen MR) is 69.8 cm³/mol. The lowest BCUT2D eigenvalue weighted by Crippen LogP contribution is -2.33. The van der Waals surface area contributed by atoms with Crippen LogP contribution >= 0.6 is 0 Å². The summed E-state index contributed by atoms with van der Waals surface area (Å²) < 4.78 is 4.93. The first-order valence-corrected chi connectivity index (χ1v) is 5.82. The maximum absolute atomic E-state index is 12.1. The number of hydrogen-bond donors (Lipinski definition) is 2. The minimum Gasteiger partial charge on any atom is -0.504 e. The first-order chi connectivity index (χ1) is 8.49. The van der Waals surface area contributed by atoms with Crippen LogP contribution in [0.25, 0.3) is 0 Å². The molecule has 5 nitrogen and oxygen atoms in total. The van der Waals surface area contributed by atoms with Gasteiger partial charge in [0.05, 0.1) is 7.11 Å². The van der Waals surface area contributed by atoms with Gasteiger partial charge >= 0.3 is 0 Å². The third-order valence-electron chi connectivity index (χ3n) is 2.76. The van der Waals surface area contributed by atoms with Gasteiger partial charge < -0.3 is 20.5 Å². The molecule has 3 N–H and O–H groups in total. The number of rotatable bonds is 5. The minimum atomic E-state index is -0.145. The molecule has 0 heterocycles. The zero-order chi connectivity index (χ0) is 13.7. The van der Waals surface area contributed by atoms with Gasteiger partial charge in [-0.3, -0.25) is 4.79 Å². The normalized spacial score (nSPS) is 12.0. The van der Waals surface area contributed by atoms with Crippen molar-refractivity contribution < 1.29 is 14.6 Å². The Morgan fingerprint density at radius 1 is 1.56 bits per heavy atom. The molecule has 1 aromatic carbocycles. The van der Waals surface area contributed by atoms with Crippen molar-refractivity contribution in [1.29, 1.82) is 0 Å². The van der Waals surface area contributed by atoms with E-state index in [-0.39, 0.29) is 17.6 Å². The van der Waals surface area contributed by atoms with Gasteiger partial charge in [-0.1, -0.05) is 6.92 Å². The average Bonchev–Trinajstić information content (AvgIpc) is 2.37. The second kappa shape index (κ2) is 6.26. The Balaban J connectivity index is 2.80. The van der Waals surface area contributed by atoms with Gasteiger partial charge in [0, 0.05) is 19.2 Å². The zero-order valence-electron chi connectivity index (χ0n) is 11.0. The van der Waals surface area contributed by atoms with E-state index < -0.39 is 0 Å². The third-order valence-corrected chi connectivity index (χ3v) is 2.76. The highest BCUT2D eigenvalue weighted by Gasteiger charge is 2.15. The summed E-state index contributed by atoms with van der Waals surface area (Å²) in [5.74, 6) is 0.409. The first-order valence-electron chi connectivity index (χ1n) is 5.82. The van der Waals surface area contributed by atoms with Crippen LogP contribution in [0.15, 0.2) is 18.2 Å². The number of aromatic hydroxyl groups is 1. The number of amides is 1. The Bertz CT molecular complexity index is 421. The van der Waals surface area contributed by atoms with Crippen LogP contribution in [0.5, 0.6) is 11.5 Å². The van der Waals surface area contributed by atoms with Crippen molar-refractivity contribution in [2.24, 2.45) is 11.7 Å². The van der Waals surface area contributed by atoms with Crippen LogP contribution in [0.1, 0.15) is 17.3 Å². The molecule has 1 amide bonds. The molecule has 0 radical (unpaired) electrons. The van der Waals surface area contributed by atoms with Crippen LogP contribution in [0.2, 0.25) is 0 Å². The van der Waals surface area contributed by atoms with E-state index in [1.54, 1.807) is 24.1 Å². The highest BCUT2D eigenvalue weighted by molar-refractivity contribution is 5.94. The van der Waals surface area contributed by atoms with Crippen LogP contribution < -0.4 is 10.5 Å². The van der Waals surface area contributed by atoms with Crippen molar-refractivity contribution in [2.45, 2.75) is 6.92 Å². The molecule has 1 atom stereocenters. The predicted octanol–water partition coefficient (Wildman–Crippen LogP) is 1.07. The zero-order valence-corrected chi connectivity index (χ0v) is 11.0. The lowest BCUT2D eigenvalue weighted by molar-refractivity contribution is 0.0777. The van der Waals surface area contributed by atoms with E-state index >= 15 is 0 Å². The van der Waals surface area contributed by atoms with E-state index in [4.69, 9.17) is 10.5 Å². The molecule has 1 aromatic rings. The number of phenolic OH excluding ortho intramolecular Hbond substituents is 1. The molecule has 0 bridgehead atoms. The summed E-state index contributed by atoms with van der Waals surface area (Å²) in [7, 11) is 3.18. The second-order valence-corrected chi connectivity index (χ2v) is 4.41. The topological polar surface area (TPSA) is 75.8 Å². The summed E-state index contributed by atoms with van der Waals surface area (Å²) in [5.41, 5.74) is 5.96. The van der Waals surface area contributed by atoms with Crippen LogP contribution in [0, 0.1) is 5.92 Å². The molecule has 1 unspecified atom stereocenters. The van der Waals surface area contributed by atoms with Crippen LogP contribution in [-0.4, -0.2) is 43.2 Å². The molecule has 18 heavy (non-hydrogen) atoms. The van der Waals surface area contributed by atoms with Crippen molar-refractivity contribution in [1.82, 2.24) is 4.90 Å². The lowest BCUT2D eigenvalue weighted by Gasteiger charge is -2.21. The number of hydrogen-bond acceptors (Lipinski definition) is 4. The Kier molecular flexibility index (Phi) is 4.97. The summed E-state index contributed by atoms with van der Waals surface area (Å²) in [4.78, 5) is 13.7. The number of nitrogens with two attached hydrogens (primary N) is 1. The van der Waals surface area contributed by atoms with Gasteiger partial charge in [0.25, 0.3) is 5.91 Å². The highest BCUT2D eigenvalue weighted by Crippen LogP contribution is 2.26. The largest absolute Gasteiger partial charge is 0.504 e. The van der Waals surface area contributed by atoms with Gasteiger partial charge in [-0.15, -0.1) is 0 Å². The molecule has 0 aliphatic rings. The molecule has 0 saturated carbocycles. The number of methoxy groups -OCH3 is 1. The van der Waals surface area contributed by atoms with E-state index in [9.17, 15) is 9.90 Å². The molecule has 1 rings (SSSR count). The Labute approximate surface area is 107 Å². The molecule has 0 aromatic heterocycles. The van der Waals surface area contributed by atoms with Crippen LogP contribution in [0.3, 0.4) is 0 Å². The fourth-order valence-corrected chi connectivity index (χ4v) is 1.67. The van der Waals surface area contributed by atoms with Gasteiger partial charge in [-0.25, -0.2) is 0 Å². The third kappa shape index (κ3) is 3.37. The van der Waals surface area contributed by atoms with Crippen LogP contribution in [0.4, 0.5) is 0 Å². The minimum absolute atomic E-state index is 0.0383. The summed E-state index contributed by atoms with van der Waals surface area (Å²) >= 11 is 0. The standard InChI is InChI=1S/C13H20N2O3/c1-9(7-14)8-15(2)13(17)10-4-5-12(18-3)11(16)6-10/h4-6,9,16H,7-8,14H2,1-3H3. The van der Waals surface area contributed by atoms with Crippen molar-refractivity contribution in [3.8, 4) is 11.5 Å². The van der Waals surface area contributed by atoms with E-state index in [1.165, 1.54) is 13.2 Å². The number of carbonyl (C=O) groups excluding carboxylic acids is 1. The first kappa shape index (κ1) is 14.3. The van der Waals surface area contributed by atoms with Gasteiger partial charge in [-0.2, -0.15) is 0 Å². The summed E-state index contributed by atoms with van der Waals surface area (Å²) in [5, 5.41) is 9.63. The number of ether oxygens (including phenoxy) is 1. The van der Waals surface area contributed by atoms with Crippen molar-refractivity contribution in [2.75, 3.05) is 27.2 Å². The molecule has 0 fully saturated rings. The molecule has 0 spiro atoms. The molecular weight excluding hydrogens is 232 g/mol. The molecular formula is C13H20N2O3. The van der Waals surface area contributed by atoms with E-state index in [0.717, 1.165) is 0 Å². The number of phenols is 1. The highest BCUT2D eigenvalue weighted by atomic mass is 16.5. The van der Waals surface area contributed by atoms with Crippen LogP contribution in [-0.2, 0) is 0 Å². The molecule has 0 saturated heterocycles. The average molecular weight is 252 g/mol. The van der Waals surface area contributed by atoms with Gasteiger partial charge in [0.15, 0.2) is 11.5 Å². The molecule has 100 valence electrons. The summed E-state index contributed by atoms with van der Waals surface area (Å²) in [6.45, 7) is 3.10. The SMILES string of the molecule is COc1ccc(C(=O)N(C)CC(C)CN)cc1O. The number of benzene rings is 1. The lowest BCUT2D eigenvalue weighted by atomic mass is 10.1. The smallest absolute Gasteiger partial charge is 0.253 e. The fraction of sp³-hybridized carbons (Fsp3) is 0.462. The summed E-state index contributed by atoms with van der Waals surface area (Å²) in [6, 6.07) is 4.61. The number of carbonyl (C=O) groups is 1. The Morgan fingerprint density at radius 3 is 2.72 bits per heavy atom. The van der Waals surface area contributed by atoms with Crippen molar-refractivity contribution in [3.63, 3.8) is 0 Å². The summed E-state index contributed by atoms with van der Waals surface area (Å²) in [6.07, 6.45) is 0. The van der Waals surface area contributed by atoms with E-state index in [2.05, 4.69) is 0 Å². The van der Waals surface area contributed by atoms with Crippen molar-refractivity contribution >= 4 is 5.91 Å². The fourth-order valence-electron chi connectivity index (χ4n) is 1.67. The number of nitrogens with zero attached hydrogens (tertiary/aromatic N) is 1. The second-order valence-electron chi connectivity index (χ2n) is 4.41. The van der Waals surface area contributed by atoms with Gasteiger partial charge in [-0.05, 0) is 30.7 Å². The molecule has 0 aliphatic heterocycles. The van der Waals surface area contributed by atoms with Crippen molar-refractivity contribution in [3.05, 3.63) is 23.8 Å². The Morgan fingerprint density at radius 2 is 2.22 bits per heavy atom. The maximum atomic E-state index is 12.1. The quantitative estimate of drug-likeness (QED) is 0.822. The molecule has 5 heteroatoms. The Hall–Kier alpha value is -1.75. The van der Waals surface area contributed by atoms with Gasteiger partial charge in [0.2, 0.25) is 0 Å². The molecule has 0 aliphatic carbocycles. The maximum Gasteiger partial charge on any atom is 0.253 e. The van der Waals surface area contributed by atoms with E-state index in [0.29, 0.717) is 24.4 Å².